The van der Waals surface area contributed by atoms with Crippen molar-refractivity contribution in [2.45, 2.75) is 43.2 Å². The highest BCUT2D eigenvalue weighted by Gasteiger charge is 2.59. The maximum atomic E-state index is 15.1. The van der Waals surface area contributed by atoms with Gasteiger partial charge in [0.2, 0.25) is 0 Å². The highest BCUT2D eigenvalue weighted by Crippen LogP contribution is 2.50. The predicted octanol–water partition coefficient (Wildman–Crippen LogP) is 3.76. The number of carbonyl (C=O) groups is 2. The average Bonchev–Trinajstić information content (AvgIpc) is 3.39. The van der Waals surface area contributed by atoms with Gasteiger partial charge in [0, 0.05) is 56.4 Å². The third-order valence-electron chi connectivity index (χ3n) is 9.85. The summed E-state index contributed by atoms with van der Waals surface area (Å²) < 4.78 is 41.0. The second kappa shape index (κ2) is 14.1. The van der Waals surface area contributed by atoms with E-state index < -0.39 is 27.5 Å². The number of nitrogens with zero attached hydrogens (tertiary/aromatic N) is 5. The molecule has 258 valence electrons. The summed E-state index contributed by atoms with van der Waals surface area (Å²) in [6.07, 6.45) is 1.55. The highest BCUT2D eigenvalue weighted by molar-refractivity contribution is 7.93. The molecule has 3 aliphatic heterocycles. The number of likely N-dealkylation sites (N-methyl/N-ethyl adjacent to an activating group) is 1. The number of ether oxygens (including phenoxy) is 2. The number of piperazine rings is 1. The molecule has 3 heterocycles. The topological polar surface area (TPSA) is 136 Å². The van der Waals surface area contributed by atoms with Gasteiger partial charge in [0.25, 0.3) is 15.9 Å². The van der Waals surface area contributed by atoms with Crippen molar-refractivity contribution < 1.29 is 27.5 Å². The van der Waals surface area contributed by atoms with Gasteiger partial charge in [0.05, 0.1) is 31.0 Å². The number of anilines is 1. The summed E-state index contributed by atoms with van der Waals surface area (Å²) in [7, 11) is -3.24. The van der Waals surface area contributed by atoms with Crippen molar-refractivity contribution in [2.24, 2.45) is 0 Å². The molecule has 1 N–H and O–H groups in total. The lowest BCUT2D eigenvalue weighted by Crippen LogP contribution is -2.59. The van der Waals surface area contributed by atoms with E-state index in [0.29, 0.717) is 29.2 Å². The van der Waals surface area contributed by atoms with Crippen LogP contribution in [0.5, 0.6) is 11.5 Å². The Balaban J connectivity index is 1.42. The van der Waals surface area contributed by atoms with Gasteiger partial charge in [0.15, 0.2) is 5.54 Å². The number of nitriles is 1. The molecule has 0 saturated carbocycles. The molecule has 0 radical (unpaired) electrons. The average molecular weight is 687 g/mol. The van der Waals surface area contributed by atoms with Gasteiger partial charge in [-0.2, -0.15) is 9.57 Å². The fourth-order valence-electron chi connectivity index (χ4n) is 7.25. The molecule has 0 bridgehead atoms. The van der Waals surface area contributed by atoms with Crippen LogP contribution < -0.4 is 19.1 Å². The van der Waals surface area contributed by atoms with Crippen molar-refractivity contribution in [3.05, 3.63) is 83.4 Å². The predicted molar refractivity (Wildman–Crippen MR) is 184 cm³/mol. The summed E-state index contributed by atoms with van der Waals surface area (Å²) in [6.45, 7) is 10.2. The zero-order chi connectivity index (χ0) is 34.8. The normalized spacial score (nSPS) is 20.5. The van der Waals surface area contributed by atoms with E-state index in [1.807, 2.05) is 0 Å². The van der Waals surface area contributed by atoms with Crippen LogP contribution in [0.2, 0.25) is 0 Å². The first-order valence-electron chi connectivity index (χ1n) is 16.7. The molecule has 2 saturated heterocycles. The monoisotopic (exact) mass is 686 g/mol. The molecule has 0 spiro atoms. The number of nitrogens with one attached hydrogen (secondary N) is 1. The van der Waals surface area contributed by atoms with Crippen LogP contribution in [0.3, 0.4) is 0 Å². The Morgan fingerprint density at radius 1 is 0.939 bits per heavy atom. The van der Waals surface area contributed by atoms with Crippen LogP contribution in [0, 0.1) is 11.3 Å². The number of methoxy groups -OCH3 is 1. The molecule has 1 atom stereocenters. The molecule has 1 unspecified atom stereocenters. The molecule has 3 aliphatic rings. The van der Waals surface area contributed by atoms with Crippen molar-refractivity contribution in [3.63, 3.8) is 0 Å². The fourth-order valence-corrected chi connectivity index (χ4v) is 8.88. The lowest BCUT2D eigenvalue weighted by molar-refractivity contribution is -0.121. The Morgan fingerprint density at radius 2 is 1.61 bits per heavy atom. The summed E-state index contributed by atoms with van der Waals surface area (Å²) in [4.78, 5) is 35.9. The zero-order valence-electron chi connectivity index (χ0n) is 28.1. The molecule has 2 fully saturated rings. The maximum Gasteiger partial charge on any atom is 0.318 e. The first-order chi connectivity index (χ1) is 23.7. The number of para-hydroxylation sites is 2. The minimum atomic E-state index is -4.59. The molecule has 13 heteroatoms. The largest absolute Gasteiger partial charge is 0.495 e. The van der Waals surface area contributed by atoms with Gasteiger partial charge in [-0.3, -0.25) is 9.69 Å². The molecule has 0 aliphatic carbocycles. The number of amides is 3. The van der Waals surface area contributed by atoms with E-state index in [-0.39, 0.29) is 39.6 Å². The molecular formula is C36H42N6O6S. The molecule has 3 aromatic rings. The number of piperidine rings is 1. The van der Waals surface area contributed by atoms with Crippen molar-refractivity contribution in [1.82, 2.24) is 20.0 Å². The Morgan fingerprint density at radius 3 is 2.27 bits per heavy atom. The van der Waals surface area contributed by atoms with E-state index in [4.69, 9.17) is 9.47 Å². The van der Waals surface area contributed by atoms with Crippen LogP contribution in [-0.2, 0) is 20.4 Å². The first-order valence-corrected chi connectivity index (χ1v) is 18.2. The van der Waals surface area contributed by atoms with Crippen molar-refractivity contribution in [3.8, 4) is 17.6 Å². The van der Waals surface area contributed by atoms with Gasteiger partial charge >= 0.3 is 6.03 Å². The number of carbonyl (C=O) groups excluding carboxylic acids is 2. The summed E-state index contributed by atoms with van der Waals surface area (Å²) in [5, 5.41) is 12.9. The number of benzene rings is 3. The molecule has 3 aromatic carbocycles. The fraction of sp³-hybridized carbons (Fsp3) is 0.417. The molecule has 3 amide bonds. The van der Waals surface area contributed by atoms with Crippen LogP contribution in [0.1, 0.15) is 43.4 Å². The van der Waals surface area contributed by atoms with Crippen molar-refractivity contribution in [1.29, 1.82) is 5.26 Å². The van der Waals surface area contributed by atoms with Crippen LogP contribution in [0.15, 0.2) is 71.6 Å². The second-order valence-electron chi connectivity index (χ2n) is 12.4. The van der Waals surface area contributed by atoms with E-state index in [1.54, 1.807) is 48.2 Å². The van der Waals surface area contributed by atoms with Gasteiger partial charge < -0.3 is 24.6 Å². The SMILES string of the molecule is CCOc1ccccc1C1(NC(=O)N2CCC(N3CCN(CC)CC3)CC2)C(=O)N(S(=O)(=O)c2ccccc2OC)c2ccc(C#N)cc21. The Hall–Kier alpha value is -4.64. The number of hydrogen-bond acceptors (Lipinski definition) is 9. The lowest BCUT2D eigenvalue weighted by atomic mass is 9.82. The number of likely N-dealkylation sites (tertiary alicyclic amines) is 1. The van der Waals surface area contributed by atoms with Crippen LogP contribution in [0.25, 0.3) is 0 Å². The lowest BCUT2D eigenvalue weighted by Gasteiger charge is -2.43. The Kier molecular flexibility index (Phi) is 9.83. The smallest absolute Gasteiger partial charge is 0.318 e. The van der Waals surface area contributed by atoms with Crippen LogP contribution >= 0.6 is 0 Å². The summed E-state index contributed by atoms with van der Waals surface area (Å²) in [6, 6.07) is 19.1. The van der Waals surface area contributed by atoms with Gasteiger partial charge in [-0.1, -0.05) is 37.3 Å². The van der Waals surface area contributed by atoms with E-state index >= 15 is 4.79 Å². The van der Waals surface area contributed by atoms with Crippen LogP contribution in [0.4, 0.5) is 10.5 Å². The summed E-state index contributed by atoms with van der Waals surface area (Å²) in [5.74, 6) is -0.568. The van der Waals surface area contributed by atoms with Gasteiger partial charge in [0.1, 0.15) is 16.4 Å². The molecule has 12 nitrogen and oxygen atoms in total. The Labute approximate surface area is 287 Å². The van der Waals surface area contributed by atoms with E-state index in [0.717, 1.165) is 45.6 Å². The highest BCUT2D eigenvalue weighted by atomic mass is 32.2. The molecule has 6 rings (SSSR count). The van der Waals surface area contributed by atoms with E-state index in [1.165, 1.54) is 37.4 Å². The minimum Gasteiger partial charge on any atom is -0.495 e. The summed E-state index contributed by atoms with van der Waals surface area (Å²) in [5.41, 5.74) is -1.42. The first kappa shape index (κ1) is 34.2. The van der Waals surface area contributed by atoms with Crippen molar-refractivity contribution >= 4 is 27.6 Å². The zero-order valence-corrected chi connectivity index (χ0v) is 28.9. The summed E-state index contributed by atoms with van der Waals surface area (Å²) >= 11 is 0. The van der Waals surface area contributed by atoms with Gasteiger partial charge in [-0.15, -0.1) is 0 Å². The number of urea groups is 1. The minimum absolute atomic E-state index is 0.0198. The maximum absolute atomic E-state index is 15.1. The quantitative estimate of drug-likeness (QED) is 0.357. The van der Waals surface area contributed by atoms with Crippen LogP contribution in [-0.4, -0.2) is 101 Å². The number of fused-ring (bicyclic) bond motifs is 1. The molecular weight excluding hydrogens is 644 g/mol. The standard InChI is InChI=1S/C36H42N6O6S/c1-4-39-20-22-40(23-21-39)27-16-18-41(19-17-27)35(44)38-36(28-10-6-7-11-31(28)48-5-2)29-24-26(25-37)14-15-30(29)42(34(36)43)49(45,46)33-13-9-8-12-32(33)47-3/h6-15,24,27H,4-5,16-23H2,1-3H3,(H,38,44). The van der Waals surface area contributed by atoms with E-state index in [9.17, 15) is 18.5 Å². The molecule has 49 heavy (non-hydrogen) atoms. The third-order valence-corrected chi connectivity index (χ3v) is 11.6. The number of hydrogen-bond donors (Lipinski definition) is 1. The van der Waals surface area contributed by atoms with Crippen molar-refractivity contribution in [2.75, 3.05) is 63.8 Å². The third kappa shape index (κ3) is 6.09. The number of rotatable bonds is 9. The molecule has 0 aromatic heterocycles. The second-order valence-corrected chi connectivity index (χ2v) is 14.1. The Bertz CT molecular complexity index is 1860. The van der Waals surface area contributed by atoms with Gasteiger partial charge in [-0.05, 0) is 62.7 Å². The van der Waals surface area contributed by atoms with E-state index in [2.05, 4.69) is 28.1 Å². The van der Waals surface area contributed by atoms with Gasteiger partial charge in [-0.25, -0.2) is 13.2 Å². The number of sulfonamides is 1.